The molecule has 24 heavy (non-hydrogen) atoms. The first-order chi connectivity index (χ1) is 11.6. The first kappa shape index (κ1) is 17.1. The molecule has 1 aromatic rings. The quantitative estimate of drug-likeness (QED) is 0.739. The Bertz CT molecular complexity index is 627. The molecule has 1 aromatic carbocycles. The van der Waals surface area contributed by atoms with Gasteiger partial charge in [-0.3, -0.25) is 9.59 Å². The first-order valence-electron chi connectivity index (χ1n) is 8.37. The second-order valence-corrected chi connectivity index (χ2v) is 6.89. The van der Waals surface area contributed by atoms with Crippen molar-refractivity contribution in [1.29, 1.82) is 0 Å². The molecular weight excluding hydrogens is 330 g/mol. The lowest BCUT2D eigenvalue weighted by atomic mass is 9.98. The highest BCUT2D eigenvalue weighted by molar-refractivity contribution is 6.64. The smallest absolute Gasteiger partial charge is 0.241 e. The fourth-order valence-corrected chi connectivity index (χ4v) is 3.67. The summed E-state index contributed by atoms with van der Waals surface area (Å²) >= 11 is 5.41. The number of likely N-dealkylation sites (tertiary alicyclic amines) is 1. The summed E-state index contributed by atoms with van der Waals surface area (Å²) < 4.78 is 11.5. The van der Waals surface area contributed by atoms with Crippen LogP contribution in [0.5, 0.6) is 11.5 Å². The number of benzene rings is 1. The van der Waals surface area contributed by atoms with Crippen molar-refractivity contribution in [2.24, 2.45) is 0 Å². The van der Waals surface area contributed by atoms with Crippen molar-refractivity contribution >= 4 is 22.8 Å². The van der Waals surface area contributed by atoms with E-state index in [1.807, 2.05) is 18.2 Å². The lowest BCUT2D eigenvalue weighted by Gasteiger charge is -2.19. The molecule has 0 aromatic heterocycles. The van der Waals surface area contributed by atoms with Crippen LogP contribution in [0.25, 0.3) is 0 Å². The van der Waals surface area contributed by atoms with Gasteiger partial charge in [0.05, 0.1) is 19.8 Å². The average molecular weight is 352 g/mol. The maximum Gasteiger partial charge on any atom is 0.241 e. The van der Waals surface area contributed by atoms with Crippen molar-refractivity contribution in [3.05, 3.63) is 23.8 Å². The number of nitrogens with zero attached hydrogens (tertiary/aromatic N) is 1. The zero-order valence-electron chi connectivity index (χ0n) is 13.8. The highest BCUT2D eigenvalue weighted by atomic mass is 35.5. The van der Waals surface area contributed by atoms with Crippen LogP contribution >= 0.6 is 11.6 Å². The molecule has 130 valence electrons. The lowest BCUT2D eigenvalue weighted by molar-refractivity contribution is -0.130. The zero-order chi connectivity index (χ0) is 17.1. The molecule has 0 bridgehead atoms. The summed E-state index contributed by atoms with van der Waals surface area (Å²) in [7, 11) is 1.63. The van der Waals surface area contributed by atoms with Gasteiger partial charge in [-0.1, -0.05) is 6.07 Å². The van der Waals surface area contributed by atoms with Crippen LogP contribution in [-0.2, 0) is 9.59 Å². The van der Waals surface area contributed by atoms with E-state index in [9.17, 15) is 9.59 Å². The Hall–Kier alpha value is -1.75. The van der Waals surface area contributed by atoms with Crippen LogP contribution < -0.4 is 9.47 Å². The van der Waals surface area contributed by atoms with Gasteiger partial charge in [0.15, 0.2) is 11.5 Å². The molecule has 1 amide bonds. The fraction of sp³-hybridized carbons (Fsp3) is 0.556. The SMILES string of the molecule is COc1ccc([C@H]2CC(=O)N(CC(=O)Cl)C2)cc1OC1CCCC1. The molecule has 1 aliphatic carbocycles. The molecule has 6 heteroatoms. The van der Waals surface area contributed by atoms with E-state index in [1.165, 1.54) is 17.7 Å². The zero-order valence-corrected chi connectivity index (χ0v) is 14.6. The van der Waals surface area contributed by atoms with Crippen molar-refractivity contribution in [2.75, 3.05) is 20.2 Å². The Morgan fingerprint density at radius 2 is 2.04 bits per heavy atom. The van der Waals surface area contributed by atoms with Crippen LogP contribution in [0.1, 0.15) is 43.6 Å². The minimum atomic E-state index is -0.510. The number of methoxy groups -OCH3 is 1. The number of halogens is 1. The molecule has 1 atom stereocenters. The first-order valence-corrected chi connectivity index (χ1v) is 8.75. The molecule has 5 nitrogen and oxygen atoms in total. The normalized spacial score (nSPS) is 21.3. The number of rotatable bonds is 6. The summed E-state index contributed by atoms with van der Waals surface area (Å²) in [5.41, 5.74) is 1.03. The number of hydrogen-bond donors (Lipinski definition) is 0. The number of amides is 1. The fourth-order valence-electron chi connectivity index (χ4n) is 3.52. The van der Waals surface area contributed by atoms with E-state index in [1.54, 1.807) is 7.11 Å². The Kier molecular flexibility index (Phi) is 5.29. The highest BCUT2D eigenvalue weighted by Gasteiger charge is 2.32. The van der Waals surface area contributed by atoms with Crippen molar-refractivity contribution in [3.8, 4) is 11.5 Å². The van der Waals surface area contributed by atoms with Gasteiger partial charge in [-0.15, -0.1) is 0 Å². The number of hydrogen-bond acceptors (Lipinski definition) is 4. The number of carbonyl (C=O) groups excluding carboxylic acids is 2. The number of ether oxygens (including phenoxy) is 2. The third kappa shape index (κ3) is 3.83. The van der Waals surface area contributed by atoms with Crippen LogP contribution in [0.15, 0.2) is 18.2 Å². The summed E-state index contributed by atoms with van der Waals surface area (Å²) in [6.07, 6.45) is 5.17. The van der Waals surface area contributed by atoms with Gasteiger partial charge in [0, 0.05) is 18.9 Å². The van der Waals surface area contributed by atoms with E-state index in [0.29, 0.717) is 18.7 Å². The number of carbonyl (C=O) groups is 2. The van der Waals surface area contributed by atoms with Crippen molar-refractivity contribution in [2.45, 2.75) is 44.1 Å². The standard InChI is InChI=1S/C18H22ClNO4/c1-23-15-7-6-12(8-16(15)24-14-4-2-3-5-14)13-9-18(22)20(10-13)11-17(19)21/h6-8,13-14H,2-5,9-11H2,1H3/t13-/m0/s1. The molecule has 2 aliphatic rings. The van der Waals surface area contributed by atoms with Gasteiger partial charge in [-0.25, -0.2) is 0 Å². The van der Waals surface area contributed by atoms with Crippen molar-refractivity contribution < 1.29 is 19.1 Å². The van der Waals surface area contributed by atoms with E-state index >= 15 is 0 Å². The summed E-state index contributed by atoms with van der Waals surface area (Å²) in [4.78, 5) is 24.6. The van der Waals surface area contributed by atoms with Crippen LogP contribution in [0.2, 0.25) is 0 Å². The Balaban J connectivity index is 1.76. The summed E-state index contributed by atoms with van der Waals surface area (Å²) in [5.74, 6) is 1.46. The molecule has 1 aliphatic heterocycles. The summed E-state index contributed by atoms with van der Waals surface area (Å²) in [5, 5.41) is -0.510. The molecule has 1 heterocycles. The van der Waals surface area contributed by atoms with Crippen molar-refractivity contribution in [3.63, 3.8) is 0 Å². The van der Waals surface area contributed by atoms with E-state index in [-0.39, 0.29) is 24.5 Å². The maximum absolute atomic E-state index is 12.0. The largest absolute Gasteiger partial charge is 0.493 e. The monoisotopic (exact) mass is 351 g/mol. The van der Waals surface area contributed by atoms with Gasteiger partial charge in [0.25, 0.3) is 0 Å². The predicted octanol–water partition coefficient (Wildman–Crippen LogP) is 3.10. The lowest BCUT2D eigenvalue weighted by Crippen LogP contribution is -2.29. The van der Waals surface area contributed by atoms with E-state index < -0.39 is 5.24 Å². The summed E-state index contributed by atoms with van der Waals surface area (Å²) in [6, 6.07) is 5.82. The van der Waals surface area contributed by atoms with Crippen LogP contribution in [-0.4, -0.2) is 42.4 Å². The van der Waals surface area contributed by atoms with Gasteiger partial charge < -0.3 is 14.4 Å². The molecule has 0 N–H and O–H groups in total. The van der Waals surface area contributed by atoms with Crippen molar-refractivity contribution in [1.82, 2.24) is 4.90 Å². The van der Waals surface area contributed by atoms with Gasteiger partial charge in [0.2, 0.25) is 11.1 Å². The topological polar surface area (TPSA) is 55.8 Å². The van der Waals surface area contributed by atoms with E-state index in [4.69, 9.17) is 21.1 Å². The minimum Gasteiger partial charge on any atom is -0.493 e. The maximum atomic E-state index is 12.0. The van der Waals surface area contributed by atoms with Crippen LogP contribution in [0, 0.1) is 0 Å². The molecule has 0 spiro atoms. The third-order valence-corrected chi connectivity index (χ3v) is 4.90. The van der Waals surface area contributed by atoms with Crippen LogP contribution in [0.4, 0.5) is 0 Å². The summed E-state index contributed by atoms with van der Waals surface area (Å²) in [6.45, 7) is 0.477. The second kappa shape index (κ2) is 7.43. The molecule has 2 fully saturated rings. The molecular formula is C18H22ClNO4. The second-order valence-electron chi connectivity index (χ2n) is 6.47. The van der Waals surface area contributed by atoms with Gasteiger partial charge in [-0.05, 0) is 55.0 Å². The van der Waals surface area contributed by atoms with Gasteiger partial charge >= 0.3 is 0 Å². The molecule has 1 saturated carbocycles. The third-order valence-electron chi connectivity index (χ3n) is 4.78. The van der Waals surface area contributed by atoms with E-state index in [0.717, 1.165) is 24.2 Å². The molecule has 3 rings (SSSR count). The van der Waals surface area contributed by atoms with E-state index in [2.05, 4.69) is 0 Å². The Morgan fingerprint density at radius 3 is 2.71 bits per heavy atom. The molecule has 1 saturated heterocycles. The molecule has 0 unspecified atom stereocenters. The highest BCUT2D eigenvalue weighted by Crippen LogP contribution is 2.36. The average Bonchev–Trinajstić information content (AvgIpc) is 3.17. The van der Waals surface area contributed by atoms with Gasteiger partial charge in [-0.2, -0.15) is 0 Å². The van der Waals surface area contributed by atoms with Crippen LogP contribution in [0.3, 0.4) is 0 Å². The minimum absolute atomic E-state index is 0.0293. The Morgan fingerprint density at radius 1 is 1.29 bits per heavy atom. The van der Waals surface area contributed by atoms with Gasteiger partial charge in [0.1, 0.15) is 0 Å². The Labute approximate surface area is 146 Å². The molecule has 0 radical (unpaired) electrons. The predicted molar refractivity (Wildman–Crippen MR) is 90.7 cm³/mol.